The minimum atomic E-state index is -0.423. The first-order valence-corrected chi connectivity index (χ1v) is 8.86. The van der Waals surface area contributed by atoms with Crippen LogP contribution >= 0.6 is 15.9 Å². The third-order valence-electron chi connectivity index (χ3n) is 3.83. The number of carbonyl (C=O) groups is 1. The molecule has 0 saturated heterocycles. The van der Waals surface area contributed by atoms with Crippen molar-refractivity contribution in [3.05, 3.63) is 64.6 Å². The molecule has 0 unspecified atom stereocenters. The lowest BCUT2D eigenvalue weighted by molar-refractivity contribution is -0.123. The molecule has 7 heteroatoms. The maximum atomic E-state index is 11.9. The summed E-state index contributed by atoms with van der Waals surface area (Å²) >= 11 is 3.36. The van der Waals surface area contributed by atoms with Gasteiger partial charge >= 0.3 is 0 Å². The average molecular weight is 429 g/mol. The molecule has 0 fully saturated rings. The van der Waals surface area contributed by atoms with E-state index in [0.717, 1.165) is 10.8 Å². The zero-order valence-corrected chi connectivity index (χ0v) is 16.1. The molecule has 27 heavy (non-hydrogen) atoms. The van der Waals surface area contributed by atoms with E-state index in [1.165, 1.54) is 6.21 Å². The summed E-state index contributed by atoms with van der Waals surface area (Å²) in [6.45, 7) is -0.205. The number of hydrogen-bond acceptors (Lipinski definition) is 5. The van der Waals surface area contributed by atoms with Crippen molar-refractivity contribution in [1.82, 2.24) is 5.43 Å². The summed E-state index contributed by atoms with van der Waals surface area (Å²) in [7, 11) is 1.57. The Labute approximate surface area is 164 Å². The number of nitrogens with zero attached hydrogens (tertiary/aromatic N) is 1. The van der Waals surface area contributed by atoms with Crippen molar-refractivity contribution in [3.8, 4) is 17.2 Å². The number of methoxy groups -OCH3 is 1. The summed E-state index contributed by atoms with van der Waals surface area (Å²) in [6, 6.07) is 16.2. The topological polar surface area (TPSA) is 80.2 Å². The monoisotopic (exact) mass is 428 g/mol. The van der Waals surface area contributed by atoms with Gasteiger partial charge in [0, 0.05) is 5.56 Å². The highest BCUT2D eigenvalue weighted by molar-refractivity contribution is 9.10. The highest BCUT2D eigenvalue weighted by Gasteiger charge is 2.07. The fraction of sp³-hybridized carbons (Fsp3) is 0.100. The number of nitrogens with one attached hydrogen (secondary N) is 1. The number of hydrazone groups is 1. The molecule has 2 N–H and O–H groups in total. The van der Waals surface area contributed by atoms with Crippen molar-refractivity contribution in [1.29, 1.82) is 0 Å². The van der Waals surface area contributed by atoms with Crippen LogP contribution in [0.2, 0.25) is 0 Å². The Bertz CT molecular complexity index is 1000. The lowest BCUT2D eigenvalue weighted by Crippen LogP contribution is -2.24. The molecule has 0 aliphatic rings. The van der Waals surface area contributed by atoms with Crippen molar-refractivity contribution in [3.63, 3.8) is 0 Å². The van der Waals surface area contributed by atoms with Crippen molar-refractivity contribution in [2.45, 2.75) is 0 Å². The molecule has 3 aromatic rings. The summed E-state index contributed by atoms with van der Waals surface area (Å²) in [5.41, 5.74) is 2.92. The SMILES string of the molecule is COc1ccc(OCC(=O)N/N=C/c2c(O)ccc3ccccc23)c(Br)c1. The standard InChI is InChI=1S/C20H17BrN2O4/c1-26-14-7-9-19(17(21)10-14)27-12-20(25)23-22-11-16-15-5-3-2-4-13(15)6-8-18(16)24/h2-11,24H,12H2,1H3,(H,23,25)/b22-11+. The number of phenolic OH excluding ortho intramolecular Hbond substituents is 1. The summed E-state index contributed by atoms with van der Waals surface area (Å²) in [4.78, 5) is 11.9. The Hall–Kier alpha value is -3.06. The van der Waals surface area contributed by atoms with Crippen LogP contribution in [0.3, 0.4) is 0 Å². The molecule has 138 valence electrons. The number of aromatic hydroxyl groups is 1. The maximum absolute atomic E-state index is 11.9. The highest BCUT2D eigenvalue weighted by atomic mass is 79.9. The molecule has 0 atom stereocenters. The summed E-state index contributed by atoms with van der Waals surface area (Å²) in [6.07, 6.45) is 1.42. The molecular formula is C20H17BrN2O4. The van der Waals surface area contributed by atoms with Crippen LogP contribution in [-0.4, -0.2) is 30.9 Å². The summed E-state index contributed by atoms with van der Waals surface area (Å²) in [5.74, 6) is 0.860. The molecule has 3 aromatic carbocycles. The fourth-order valence-electron chi connectivity index (χ4n) is 2.49. The molecule has 0 saturated carbocycles. The average Bonchev–Trinajstić information content (AvgIpc) is 2.68. The van der Waals surface area contributed by atoms with Gasteiger partial charge in [-0.05, 0) is 51.0 Å². The molecule has 0 aliphatic carbocycles. The second kappa shape index (κ2) is 8.55. The van der Waals surface area contributed by atoms with Gasteiger partial charge in [-0.25, -0.2) is 5.43 Å². The lowest BCUT2D eigenvalue weighted by atomic mass is 10.0. The number of fused-ring (bicyclic) bond motifs is 1. The van der Waals surface area contributed by atoms with Gasteiger partial charge in [0.15, 0.2) is 6.61 Å². The Kier molecular flexibility index (Phi) is 5.93. The van der Waals surface area contributed by atoms with Gasteiger partial charge in [-0.15, -0.1) is 0 Å². The third kappa shape index (κ3) is 4.57. The molecule has 0 aromatic heterocycles. The number of benzene rings is 3. The number of hydrogen-bond donors (Lipinski definition) is 2. The van der Waals surface area contributed by atoms with E-state index < -0.39 is 5.91 Å². The van der Waals surface area contributed by atoms with Crippen LogP contribution in [-0.2, 0) is 4.79 Å². The smallest absolute Gasteiger partial charge is 0.277 e. The predicted molar refractivity (Wildman–Crippen MR) is 108 cm³/mol. The van der Waals surface area contributed by atoms with Crippen molar-refractivity contribution in [2.24, 2.45) is 5.10 Å². The van der Waals surface area contributed by atoms with Gasteiger partial charge in [-0.3, -0.25) is 4.79 Å². The van der Waals surface area contributed by atoms with Gasteiger partial charge < -0.3 is 14.6 Å². The normalized spacial score (nSPS) is 10.9. The van der Waals surface area contributed by atoms with Gasteiger partial charge in [-0.1, -0.05) is 30.3 Å². The first-order valence-electron chi connectivity index (χ1n) is 8.07. The van der Waals surface area contributed by atoms with Crippen LogP contribution in [0.25, 0.3) is 10.8 Å². The van der Waals surface area contributed by atoms with Crippen molar-refractivity contribution < 1.29 is 19.4 Å². The molecule has 0 bridgehead atoms. The molecule has 6 nitrogen and oxygen atoms in total. The lowest BCUT2D eigenvalue weighted by Gasteiger charge is -2.08. The minimum Gasteiger partial charge on any atom is -0.507 e. The van der Waals surface area contributed by atoms with E-state index in [1.54, 1.807) is 31.4 Å². The molecule has 0 spiro atoms. The van der Waals surface area contributed by atoms with Crippen LogP contribution in [0.15, 0.2) is 64.2 Å². The van der Waals surface area contributed by atoms with Crippen LogP contribution in [0.5, 0.6) is 17.2 Å². The minimum absolute atomic E-state index is 0.0881. The summed E-state index contributed by atoms with van der Waals surface area (Å²) in [5, 5.41) is 15.8. The molecule has 0 aliphatic heterocycles. The van der Waals surface area contributed by atoms with Gasteiger partial charge in [0.2, 0.25) is 0 Å². The number of amides is 1. The number of phenols is 1. The van der Waals surface area contributed by atoms with Crippen LogP contribution < -0.4 is 14.9 Å². The van der Waals surface area contributed by atoms with Crippen LogP contribution in [0.4, 0.5) is 0 Å². The van der Waals surface area contributed by atoms with Crippen molar-refractivity contribution >= 4 is 38.8 Å². The second-order valence-corrected chi connectivity index (χ2v) is 6.45. The number of rotatable bonds is 6. The highest BCUT2D eigenvalue weighted by Crippen LogP contribution is 2.29. The Morgan fingerprint density at radius 3 is 2.81 bits per heavy atom. The zero-order chi connectivity index (χ0) is 19.2. The fourth-order valence-corrected chi connectivity index (χ4v) is 2.96. The van der Waals surface area contributed by atoms with E-state index >= 15 is 0 Å². The van der Waals surface area contributed by atoms with E-state index in [0.29, 0.717) is 21.5 Å². The van der Waals surface area contributed by atoms with E-state index in [1.807, 2.05) is 30.3 Å². The van der Waals surface area contributed by atoms with Gasteiger partial charge in [0.05, 0.1) is 17.8 Å². The first-order chi connectivity index (χ1) is 13.1. The molecule has 1 amide bonds. The van der Waals surface area contributed by atoms with E-state index in [2.05, 4.69) is 26.5 Å². The Morgan fingerprint density at radius 2 is 2.04 bits per heavy atom. The van der Waals surface area contributed by atoms with E-state index in [4.69, 9.17) is 9.47 Å². The molecule has 0 radical (unpaired) electrons. The maximum Gasteiger partial charge on any atom is 0.277 e. The molecule has 0 heterocycles. The van der Waals surface area contributed by atoms with Gasteiger partial charge in [0.25, 0.3) is 5.91 Å². The van der Waals surface area contributed by atoms with E-state index in [9.17, 15) is 9.90 Å². The molecule has 3 rings (SSSR count). The Morgan fingerprint density at radius 1 is 1.22 bits per heavy atom. The number of halogens is 1. The largest absolute Gasteiger partial charge is 0.507 e. The second-order valence-electron chi connectivity index (χ2n) is 5.60. The van der Waals surface area contributed by atoms with Gasteiger partial charge in [0.1, 0.15) is 17.2 Å². The first kappa shape index (κ1) is 18.7. The predicted octanol–water partition coefficient (Wildman–Crippen LogP) is 3.85. The molecular weight excluding hydrogens is 412 g/mol. The third-order valence-corrected chi connectivity index (χ3v) is 4.45. The van der Waals surface area contributed by atoms with E-state index in [-0.39, 0.29) is 12.4 Å². The Balaban J connectivity index is 1.62. The number of ether oxygens (including phenoxy) is 2. The van der Waals surface area contributed by atoms with Gasteiger partial charge in [-0.2, -0.15) is 5.10 Å². The quantitative estimate of drug-likeness (QED) is 0.461. The van der Waals surface area contributed by atoms with Crippen LogP contribution in [0.1, 0.15) is 5.56 Å². The number of carbonyl (C=O) groups excluding carboxylic acids is 1. The summed E-state index contributed by atoms with van der Waals surface area (Å²) < 4.78 is 11.2. The zero-order valence-electron chi connectivity index (χ0n) is 14.5. The van der Waals surface area contributed by atoms with Crippen LogP contribution in [0, 0.1) is 0 Å². The van der Waals surface area contributed by atoms with Crippen molar-refractivity contribution in [2.75, 3.05) is 13.7 Å².